The summed E-state index contributed by atoms with van der Waals surface area (Å²) < 4.78 is 6.99. The number of ether oxygens (including phenoxy) is 1. The molecule has 1 fully saturated rings. The van der Waals surface area contributed by atoms with Crippen LogP contribution < -0.4 is 10.5 Å². The molecule has 0 amide bonds. The van der Waals surface area contributed by atoms with Gasteiger partial charge in [-0.25, -0.2) is 4.98 Å². The second-order valence-corrected chi connectivity index (χ2v) is 4.99. The largest absolute Gasteiger partial charge is 0.370 e. The van der Waals surface area contributed by atoms with E-state index in [1.807, 2.05) is 25.1 Å². The Hall–Kier alpha value is -1.72. The molecule has 0 aliphatic carbocycles. The van der Waals surface area contributed by atoms with E-state index in [1.165, 1.54) is 4.90 Å². The SMILES string of the molecule is Cc1cccc2nc(C[NH+]3CCOCC3)cc(=O)n12. The first-order valence-corrected chi connectivity index (χ1v) is 6.64. The summed E-state index contributed by atoms with van der Waals surface area (Å²) in [7, 11) is 0. The van der Waals surface area contributed by atoms with Crippen LogP contribution in [0.1, 0.15) is 11.4 Å². The topological polar surface area (TPSA) is 48.0 Å². The van der Waals surface area contributed by atoms with Gasteiger partial charge in [-0.1, -0.05) is 6.07 Å². The van der Waals surface area contributed by atoms with E-state index < -0.39 is 0 Å². The molecule has 3 rings (SSSR count). The van der Waals surface area contributed by atoms with E-state index in [9.17, 15) is 4.79 Å². The van der Waals surface area contributed by atoms with Gasteiger partial charge in [-0.15, -0.1) is 0 Å². The molecular weight excluding hydrogens is 242 g/mol. The summed E-state index contributed by atoms with van der Waals surface area (Å²) >= 11 is 0. The van der Waals surface area contributed by atoms with Crippen molar-refractivity contribution in [2.75, 3.05) is 26.3 Å². The molecule has 2 aromatic heterocycles. The number of aryl methyl sites for hydroxylation is 1. The molecule has 0 aromatic carbocycles. The first-order valence-electron chi connectivity index (χ1n) is 6.64. The lowest BCUT2D eigenvalue weighted by Gasteiger charge is -2.23. The van der Waals surface area contributed by atoms with Gasteiger partial charge in [-0.2, -0.15) is 0 Å². The van der Waals surface area contributed by atoms with Crippen molar-refractivity contribution in [3.8, 4) is 0 Å². The third-order valence-electron chi connectivity index (χ3n) is 3.56. The van der Waals surface area contributed by atoms with Crippen LogP contribution in [0.15, 0.2) is 29.1 Å². The summed E-state index contributed by atoms with van der Waals surface area (Å²) in [5, 5.41) is 0. The van der Waals surface area contributed by atoms with Crippen LogP contribution in [-0.2, 0) is 11.3 Å². The lowest BCUT2D eigenvalue weighted by Crippen LogP contribution is -3.12. The number of morpholine rings is 1. The van der Waals surface area contributed by atoms with Gasteiger partial charge in [-0.05, 0) is 19.1 Å². The Balaban J connectivity index is 1.94. The molecular formula is C14H18N3O2+. The monoisotopic (exact) mass is 260 g/mol. The van der Waals surface area contributed by atoms with Crippen molar-refractivity contribution in [1.29, 1.82) is 0 Å². The zero-order chi connectivity index (χ0) is 13.2. The molecule has 0 bridgehead atoms. The summed E-state index contributed by atoms with van der Waals surface area (Å²) in [6.07, 6.45) is 0. The summed E-state index contributed by atoms with van der Waals surface area (Å²) in [5.74, 6) is 0. The van der Waals surface area contributed by atoms with E-state index in [0.29, 0.717) is 0 Å². The number of quaternary nitrogens is 1. The Bertz CT molecular complexity index is 645. The molecule has 5 heteroatoms. The maximum absolute atomic E-state index is 12.2. The number of pyridine rings is 1. The van der Waals surface area contributed by atoms with Gasteiger partial charge < -0.3 is 9.64 Å². The molecule has 2 aromatic rings. The van der Waals surface area contributed by atoms with Gasteiger partial charge in [0.25, 0.3) is 5.56 Å². The highest BCUT2D eigenvalue weighted by atomic mass is 16.5. The normalized spacial score (nSPS) is 16.9. The van der Waals surface area contributed by atoms with Crippen molar-refractivity contribution in [2.45, 2.75) is 13.5 Å². The third-order valence-corrected chi connectivity index (χ3v) is 3.56. The molecule has 0 spiro atoms. The van der Waals surface area contributed by atoms with E-state index in [1.54, 1.807) is 10.5 Å². The fourth-order valence-corrected chi connectivity index (χ4v) is 2.55. The Morgan fingerprint density at radius 2 is 2.16 bits per heavy atom. The van der Waals surface area contributed by atoms with Gasteiger partial charge in [0, 0.05) is 11.8 Å². The minimum Gasteiger partial charge on any atom is -0.370 e. The van der Waals surface area contributed by atoms with Gasteiger partial charge in [0.1, 0.15) is 31.0 Å². The minimum absolute atomic E-state index is 0.00533. The summed E-state index contributed by atoms with van der Waals surface area (Å²) in [6, 6.07) is 7.39. The van der Waals surface area contributed by atoms with E-state index in [0.717, 1.165) is 49.9 Å². The molecule has 1 N–H and O–H groups in total. The van der Waals surface area contributed by atoms with E-state index in [4.69, 9.17) is 4.74 Å². The number of nitrogens with one attached hydrogen (secondary N) is 1. The highest BCUT2D eigenvalue weighted by Crippen LogP contribution is 2.02. The van der Waals surface area contributed by atoms with Crippen molar-refractivity contribution in [2.24, 2.45) is 0 Å². The van der Waals surface area contributed by atoms with E-state index in [2.05, 4.69) is 4.98 Å². The number of aromatic nitrogens is 2. The lowest BCUT2D eigenvalue weighted by molar-refractivity contribution is -0.921. The van der Waals surface area contributed by atoms with E-state index >= 15 is 0 Å². The van der Waals surface area contributed by atoms with Crippen molar-refractivity contribution >= 4 is 5.65 Å². The zero-order valence-electron chi connectivity index (χ0n) is 11.1. The maximum Gasteiger partial charge on any atom is 0.258 e. The summed E-state index contributed by atoms with van der Waals surface area (Å²) in [4.78, 5) is 18.2. The first kappa shape index (κ1) is 12.3. The fraction of sp³-hybridized carbons (Fsp3) is 0.429. The van der Waals surface area contributed by atoms with Crippen molar-refractivity contribution < 1.29 is 9.64 Å². The summed E-state index contributed by atoms with van der Waals surface area (Å²) in [5.41, 5.74) is 2.52. The average molecular weight is 260 g/mol. The number of fused-ring (bicyclic) bond motifs is 1. The predicted octanol–water partition coefficient (Wildman–Crippen LogP) is -0.582. The van der Waals surface area contributed by atoms with Gasteiger partial charge in [0.2, 0.25) is 0 Å². The van der Waals surface area contributed by atoms with Crippen molar-refractivity contribution in [1.82, 2.24) is 9.38 Å². The molecule has 19 heavy (non-hydrogen) atoms. The van der Waals surface area contributed by atoms with Crippen molar-refractivity contribution in [3.63, 3.8) is 0 Å². The molecule has 5 nitrogen and oxygen atoms in total. The number of hydrogen-bond donors (Lipinski definition) is 1. The molecule has 1 aliphatic heterocycles. The molecule has 0 atom stereocenters. The van der Waals surface area contributed by atoms with Crippen LogP contribution in [0.3, 0.4) is 0 Å². The zero-order valence-corrected chi connectivity index (χ0v) is 11.1. The number of hydrogen-bond acceptors (Lipinski definition) is 3. The third kappa shape index (κ3) is 2.52. The second-order valence-electron chi connectivity index (χ2n) is 4.99. The molecule has 1 saturated heterocycles. The smallest absolute Gasteiger partial charge is 0.258 e. The van der Waals surface area contributed by atoms with Gasteiger partial charge in [0.15, 0.2) is 0 Å². The average Bonchev–Trinajstić information content (AvgIpc) is 2.39. The van der Waals surface area contributed by atoms with E-state index in [-0.39, 0.29) is 5.56 Å². The summed E-state index contributed by atoms with van der Waals surface area (Å²) in [6.45, 7) is 6.26. The minimum atomic E-state index is 0.00533. The maximum atomic E-state index is 12.2. The molecule has 1 aliphatic rings. The lowest BCUT2D eigenvalue weighted by atomic mass is 10.3. The van der Waals surface area contributed by atoms with Crippen LogP contribution in [-0.4, -0.2) is 35.7 Å². The molecule has 0 radical (unpaired) electrons. The molecule has 0 unspecified atom stereocenters. The van der Waals surface area contributed by atoms with Crippen LogP contribution in [0.2, 0.25) is 0 Å². The molecule has 3 heterocycles. The highest BCUT2D eigenvalue weighted by Gasteiger charge is 2.15. The fourth-order valence-electron chi connectivity index (χ4n) is 2.55. The van der Waals surface area contributed by atoms with Crippen molar-refractivity contribution in [3.05, 3.63) is 46.0 Å². The van der Waals surface area contributed by atoms with Crippen LogP contribution in [0.25, 0.3) is 5.65 Å². The van der Waals surface area contributed by atoms with Crippen LogP contribution in [0.4, 0.5) is 0 Å². The number of rotatable bonds is 2. The Labute approximate surface area is 111 Å². The highest BCUT2D eigenvalue weighted by molar-refractivity contribution is 5.40. The quantitative estimate of drug-likeness (QED) is 0.786. The van der Waals surface area contributed by atoms with Crippen LogP contribution in [0.5, 0.6) is 0 Å². The standard InChI is InChI=1S/C14H17N3O2/c1-11-3-2-4-13-15-12(9-14(18)17(11)13)10-16-5-7-19-8-6-16/h2-4,9H,5-8,10H2,1H3/p+1. The Morgan fingerprint density at radius 3 is 2.95 bits per heavy atom. The predicted molar refractivity (Wildman–Crippen MR) is 71.4 cm³/mol. The Kier molecular flexibility index (Phi) is 3.31. The van der Waals surface area contributed by atoms with Gasteiger partial charge in [-0.3, -0.25) is 9.20 Å². The number of nitrogens with zero attached hydrogens (tertiary/aromatic N) is 2. The van der Waals surface area contributed by atoms with Crippen LogP contribution >= 0.6 is 0 Å². The Morgan fingerprint density at radius 1 is 1.37 bits per heavy atom. The van der Waals surface area contributed by atoms with Gasteiger partial charge >= 0.3 is 0 Å². The second kappa shape index (κ2) is 5.11. The first-order chi connectivity index (χ1) is 9.24. The van der Waals surface area contributed by atoms with Crippen LogP contribution in [0, 0.1) is 6.92 Å². The molecule has 100 valence electrons. The van der Waals surface area contributed by atoms with Gasteiger partial charge in [0.05, 0.1) is 13.2 Å². The molecule has 0 saturated carbocycles.